The van der Waals surface area contributed by atoms with Gasteiger partial charge in [-0.2, -0.15) is 0 Å². The Kier molecular flexibility index (Phi) is 2.79. The maximum atomic E-state index is 2.55. The van der Waals surface area contributed by atoms with Crippen molar-refractivity contribution in [2.24, 2.45) is 11.3 Å². The van der Waals surface area contributed by atoms with Gasteiger partial charge in [0.25, 0.3) is 0 Å². The fraction of sp³-hybridized carbons (Fsp3) is 0.733. The normalized spacial score (nSPS) is 30.7. The highest BCUT2D eigenvalue weighted by atomic mass is 14.4. The van der Waals surface area contributed by atoms with E-state index in [-0.39, 0.29) is 0 Å². The Labute approximate surface area is 94.5 Å². The van der Waals surface area contributed by atoms with Gasteiger partial charge in [0, 0.05) is 5.92 Å². The average molecular weight is 204 g/mol. The fourth-order valence-corrected chi connectivity index (χ4v) is 3.26. The summed E-state index contributed by atoms with van der Waals surface area (Å²) in [6, 6.07) is 0. The SMILES string of the molecule is CC1=CC2C(=C(C)CCCC2(C)C)CC1. The van der Waals surface area contributed by atoms with Crippen LogP contribution in [0, 0.1) is 11.3 Å². The summed E-state index contributed by atoms with van der Waals surface area (Å²) in [7, 11) is 0. The lowest BCUT2D eigenvalue weighted by Gasteiger charge is -2.36. The summed E-state index contributed by atoms with van der Waals surface area (Å²) in [5, 5.41) is 0. The largest absolute Gasteiger partial charge is 0.0779 e. The third kappa shape index (κ3) is 2.04. The highest BCUT2D eigenvalue weighted by Gasteiger charge is 2.34. The molecule has 1 unspecified atom stereocenters. The number of allylic oxidation sites excluding steroid dienone is 4. The number of rotatable bonds is 0. The zero-order valence-electron chi connectivity index (χ0n) is 10.7. The Hall–Kier alpha value is -0.520. The van der Waals surface area contributed by atoms with Crippen molar-refractivity contribution in [1.82, 2.24) is 0 Å². The van der Waals surface area contributed by atoms with Crippen molar-refractivity contribution < 1.29 is 0 Å². The van der Waals surface area contributed by atoms with Gasteiger partial charge in [-0.3, -0.25) is 0 Å². The van der Waals surface area contributed by atoms with Crippen molar-refractivity contribution in [2.45, 2.75) is 59.8 Å². The summed E-state index contributed by atoms with van der Waals surface area (Å²) in [6.45, 7) is 9.56. The topological polar surface area (TPSA) is 0 Å². The molecule has 0 heteroatoms. The van der Waals surface area contributed by atoms with Gasteiger partial charge < -0.3 is 0 Å². The first kappa shape index (κ1) is 11.0. The van der Waals surface area contributed by atoms with E-state index in [0.29, 0.717) is 5.41 Å². The highest BCUT2D eigenvalue weighted by Crippen LogP contribution is 2.47. The lowest BCUT2D eigenvalue weighted by Crippen LogP contribution is -2.25. The molecule has 0 aromatic carbocycles. The van der Waals surface area contributed by atoms with Crippen molar-refractivity contribution in [3.63, 3.8) is 0 Å². The molecular weight excluding hydrogens is 180 g/mol. The summed E-state index contributed by atoms with van der Waals surface area (Å²) in [6.07, 6.45) is 9.26. The molecule has 0 fully saturated rings. The predicted molar refractivity (Wildman–Crippen MR) is 66.8 cm³/mol. The van der Waals surface area contributed by atoms with Gasteiger partial charge in [-0.15, -0.1) is 0 Å². The molecule has 15 heavy (non-hydrogen) atoms. The van der Waals surface area contributed by atoms with E-state index in [1.165, 1.54) is 32.1 Å². The molecule has 2 aliphatic rings. The third-order valence-corrected chi connectivity index (χ3v) is 4.38. The molecule has 0 heterocycles. The molecule has 0 saturated heterocycles. The summed E-state index contributed by atoms with van der Waals surface area (Å²) < 4.78 is 0. The van der Waals surface area contributed by atoms with Crippen molar-refractivity contribution in [3.8, 4) is 0 Å². The molecule has 0 spiro atoms. The minimum atomic E-state index is 0.481. The second-order valence-corrected chi connectivity index (χ2v) is 6.14. The van der Waals surface area contributed by atoms with E-state index in [4.69, 9.17) is 0 Å². The van der Waals surface area contributed by atoms with E-state index in [0.717, 1.165) is 5.92 Å². The Bertz CT molecular complexity index is 315. The van der Waals surface area contributed by atoms with E-state index < -0.39 is 0 Å². The molecule has 0 amide bonds. The summed E-state index contributed by atoms with van der Waals surface area (Å²) in [5.74, 6) is 0.730. The standard InChI is InChI=1S/C15H24/c1-11-7-8-13-12(2)6-5-9-15(3,4)14(13)10-11/h10,14H,5-9H2,1-4H3. The molecule has 0 aromatic heterocycles. The molecule has 0 N–H and O–H groups in total. The molecule has 0 nitrogen and oxygen atoms in total. The van der Waals surface area contributed by atoms with E-state index in [2.05, 4.69) is 33.8 Å². The Balaban J connectivity index is 2.43. The molecule has 0 saturated carbocycles. The van der Waals surface area contributed by atoms with Crippen LogP contribution >= 0.6 is 0 Å². The molecule has 2 aliphatic carbocycles. The molecule has 0 radical (unpaired) electrons. The molecule has 0 aliphatic heterocycles. The first-order chi connectivity index (χ1) is 7.00. The van der Waals surface area contributed by atoms with Crippen LogP contribution in [0.3, 0.4) is 0 Å². The smallest absolute Gasteiger partial charge is 0.00332 e. The van der Waals surface area contributed by atoms with Crippen LogP contribution in [0.4, 0.5) is 0 Å². The molecule has 84 valence electrons. The Morgan fingerprint density at radius 2 is 1.87 bits per heavy atom. The second kappa shape index (κ2) is 3.81. The van der Waals surface area contributed by atoms with E-state index >= 15 is 0 Å². The van der Waals surface area contributed by atoms with Crippen LogP contribution in [-0.4, -0.2) is 0 Å². The van der Waals surface area contributed by atoms with Crippen LogP contribution < -0.4 is 0 Å². The maximum absolute atomic E-state index is 2.55. The van der Waals surface area contributed by atoms with Crippen molar-refractivity contribution in [2.75, 3.05) is 0 Å². The van der Waals surface area contributed by atoms with Gasteiger partial charge in [-0.05, 0) is 51.4 Å². The molecule has 1 atom stereocenters. The van der Waals surface area contributed by atoms with Crippen molar-refractivity contribution in [1.29, 1.82) is 0 Å². The first-order valence-electron chi connectivity index (χ1n) is 6.36. The summed E-state index contributed by atoms with van der Waals surface area (Å²) in [5.41, 5.74) is 5.54. The van der Waals surface area contributed by atoms with Gasteiger partial charge in [-0.25, -0.2) is 0 Å². The maximum Gasteiger partial charge on any atom is 0.00332 e. The van der Waals surface area contributed by atoms with Crippen LogP contribution in [0.15, 0.2) is 22.8 Å². The summed E-state index contributed by atoms with van der Waals surface area (Å²) >= 11 is 0. The zero-order chi connectivity index (χ0) is 11.1. The average Bonchev–Trinajstić information content (AvgIpc) is 2.26. The van der Waals surface area contributed by atoms with Crippen LogP contribution in [0.25, 0.3) is 0 Å². The van der Waals surface area contributed by atoms with Gasteiger partial charge in [0.15, 0.2) is 0 Å². The Morgan fingerprint density at radius 3 is 2.60 bits per heavy atom. The quantitative estimate of drug-likeness (QED) is 0.494. The predicted octanol–water partition coefficient (Wildman–Crippen LogP) is 4.87. The van der Waals surface area contributed by atoms with Gasteiger partial charge in [0.05, 0.1) is 0 Å². The zero-order valence-corrected chi connectivity index (χ0v) is 10.7. The third-order valence-electron chi connectivity index (χ3n) is 4.38. The van der Waals surface area contributed by atoms with Crippen molar-refractivity contribution in [3.05, 3.63) is 22.8 Å². The fourth-order valence-electron chi connectivity index (χ4n) is 3.26. The highest BCUT2D eigenvalue weighted by molar-refractivity contribution is 5.30. The molecule has 0 bridgehead atoms. The molecule has 0 aromatic rings. The van der Waals surface area contributed by atoms with Gasteiger partial charge in [0.2, 0.25) is 0 Å². The van der Waals surface area contributed by atoms with E-state index in [1.54, 1.807) is 16.7 Å². The number of hydrogen-bond acceptors (Lipinski definition) is 0. The van der Waals surface area contributed by atoms with Crippen LogP contribution in [0.2, 0.25) is 0 Å². The molecule has 2 rings (SSSR count). The second-order valence-electron chi connectivity index (χ2n) is 6.14. The Morgan fingerprint density at radius 1 is 1.13 bits per heavy atom. The lowest BCUT2D eigenvalue weighted by atomic mass is 9.69. The monoisotopic (exact) mass is 204 g/mol. The summed E-state index contributed by atoms with van der Waals surface area (Å²) in [4.78, 5) is 0. The first-order valence-corrected chi connectivity index (χ1v) is 6.36. The minimum absolute atomic E-state index is 0.481. The molecular formula is C15H24. The van der Waals surface area contributed by atoms with Crippen LogP contribution in [0.5, 0.6) is 0 Å². The van der Waals surface area contributed by atoms with Crippen molar-refractivity contribution >= 4 is 0 Å². The lowest BCUT2D eigenvalue weighted by molar-refractivity contribution is 0.260. The van der Waals surface area contributed by atoms with E-state index in [1.807, 2.05) is 0 Å². The van der Waals surface area contributed by atoms with Crippen LogP contribution in [-0.2, 0) is 0 Å². The van der Waals surface area contributed by atoms with E-state index in [9.17, 15) is 0 Å². The minimum Gasteiger partial charge on any atom is -0.0779 e. The number of fused-ring (bicyclic) bond motifs is 1. The van der Waals surface area contributed by atoms with Crippen LogP contribution in [0.1, 0.15) is 59.8 Å². The van der Waals surface area contributed by atoms with Gasteiger partial charge in [0.1, 0.15) is 0 Å². The van der Waals surface area contributed by atoms with Gasteiger partial charge in [-0.1, -0.05) is 36.6 Å². The number of hydrogen-bond donors (Lipinski definition) is 0. The van der Waals surface area contributed by atoms with Gasteiger partial charge >= 0.3 is 0 Å².